The number of hydrogen-bond acceptors (Lipinski definition) is 5. The van der Waals surface area contributed by atoms with Gasteiger partial charge in [0.15, 0.2) is 0 Å². The van der Waals surface area contributed by atoms with E-state index in [4.69, 9.17) is 11.6 Å². The molecule has 0 saturated heterocycles. The van der Waals surface area contributed by atoms with Crippen LogP contribution in [0.3, 0.4) is 0 Å². The maximum Gasteiger partial charge on any atom is 0.269 e. The number of carbonyl (C=O) groups is 1. The summed E-state index contributed by atoms with van der Waals surface area (Å²) in [5, 5.41) is 10.8. The van der Waals surface area contributed by atoms with Gasteiger partial charge in [0.1, 0.15) is 0 Å². The second-order valence-corrected chi connectivity index (χ2v) is 7.34. The van der Waals surface area contributed by atoms with Crippen LogP contribution in [0.25, 0.3) is 0 Å². The highest BCUT2D eigenvalue weighted by Crippen LogP contribution is 2.27. The van der Waals surface area contributed by atoms with Crippen LogP contribution in [0.15, 0.2) is 47.4 Å². The highest BCUT2D eigenvalue weighted by atomic mass is 35.5. The number of nitrogens with zero attached hydrogens (tertiary/aromatic N) is 2. The number of benzene rings is 2. The van der Waals surface area contributed by atoms with Crippen LogP contribution in [0, 0.1) is 10.1 Å². The summed E-state index contributed by atoms with van der Waals surface area (Å²) in [6.07, 6.45) is 0. The number of nitrogens with one attached hydrogen (secondary N) is 1. The zero-order chi connectivity index (χ0) is 18.8. The highest BCUT2D eigenvalue weighted by Gasteiger charge is 2.19. The second kappa shape index (κ2) is 7.08. The summed E-state index contributed by atoms with van der Waals surface area (Å²) in [5.74, 6) is -0.313. The Morgan fingerprint density at radius 1 is 1.16 bits per heavy atom. The van der Waals surface area contributed by atoms with Crippen LogP contribution in [-0.2, 0) is 10.0 Å². The predicted octanol–water partition coefficient (Wildman–Crippen LogP) is 2.75. The largest absolute Gasteiger partial charge is 0.345 e. The Balaban J connectivity index is 2.35. The van der Waals surface area contributed by atoms with Crippen molar-refractivity contribution in [3.8, 4) is 0 Å². The number of carbonyl (C=O) groups excluding carboxylic acids is 1. The molecule has 8 nitrogen and oxygen atoms in total. The molecule has 2 rings (SSSR count). The number of anilines is 1. The normalized spacial score (nSPS) is 11.0. The molecule has 0 fully saturated rings. The molecule has 0 aromatic heterocycles. The molecule has 0 aliphatic rings. The van der Waals surface area contributed by atoms with Crippen molar-refractivity contribution in [3.63, 3.8) is 0 Å². The SMILES string of the molecule is CN(C)C(=O)c1ccc(Cl)c(NS(=O)(=O)c2ccc([N+](=O)[O-])cc2)c1. The van der Waals surface area contributed by atoms with Gasteiger partial charge in [-0.25, -0.2) is 8.42 Å². The number of nitro benzene ring substituents is 1. The summed E-state index contributed by atoms with van der Waals surface area (Å²) >= 11 is 6.00. The van der Waals surface area contributed by atoms with Gasteiger partial charge in [0.25, 0.3) is 21.6 Å². The molecule has 2 aromatic rings. The van der Waals surface area contributed by atoms with Crippen molar-refractivity contribution in [2.45, 2.75) is 4.90 Å². The topological polar surface area (TPSA) is 110 Å². The number of sulfonamides is 1. The summed E-state index contributed by atoms with van der Waals surface area (Å²) in [4.78, 5) is 23.2. The average molecular weight is 384 g/mol. The van der Waals surface area contributed by atoms with Crippen molar-refractivity contribution in [2.24, 2.45) is 0 Å². The minimum absolute atomic E-state index is 0.0349. The van der Waals surface area contributed by atoms with Crippen LogP contribution >= 0.6 is 11.6 Å². The maximum absolute atomic E-state index is 12.4. The predicted molar refractivity (Wildman–Crippen MR) is 93.4 cm³/mol. The maximum atomic E-state index is 12.4. The third-order valence-corrected chi connectivity index (χ3v) is 4.93. The first-order chi connectivity index (χ1) is 11.6. The van der Waals surface area contributed by atoms with E-state index in [-0.39, 0.29) is 32.8 Å². The molecule has 0 aliphatic heterocycles. The van der Waals surface area contributed by atoms with Gasteiger partial charge >= 0.3 is 0 Å². The fraction of sp³-hybridized carbons (Fsp3) is 0.133. The number of rotatable bonds is 5. The van der Waals surface area contributed by atoms with Crippen LogP contribution in [0.5, 0.6) is 0 Å². The molecule has 0 aliphatic carbocycles. The minimum Gasteiger partial charge on any atom is -0.345 e. The number of amides is 1. The van der Waals surface area contributed by atoms with Gasteiger partial charge in [0, 0.05) is 31.8 Å². The zero-order valence-electron chi connectivity index (χ0n) is 13.3. The van der Waals surface area contributed by atoms with Crippen LogP contribution in [0.4, 0.5) is 11.4 Å². The Morgan fingerprint density at radius 2 is 1.76 bits per heavy atom. The van der Waals surface area contributed by atoms with E-state index < -0.39 is 14.9 Å². The van der Waals surface area contributed by atoms with E-state index in [2.05, 4.69) is 4.72 Å². The molecule has 25 heavy (non-hydrogen) atoms. The number of nitro groups is 1. The van der Waals surface area contributed by atoms with Crippen LogP contribution in [0.1, 0.15) is 10.4 Å². The highest BCUT2D eigenvalue weighted by molar-refractivity contribution is 7.92. The lowest BCUT2D eigenvalue weighted by Crippen LogP contribution is -2.22. The zero-order valence-corrected chi connectivity index (χ0v) is 14.8. The molecule has 10 heteroatoms. The summed E-state index contributed by atoms with van der Waals surface area (Å²) in [5.41, 5.74) is 0.0686. The monoisotopic (exact) mass is 383 g/mol. The van der Waals surface area contributed by atoms with Crippen LogP contribution < -0.4 is 4.72 Å². The van der Waals surface area contributed by atoms with E-state index in [1.54, 1.807) is 14.1 Å². The summed E-state index contributed by atoms with van der Waals surface area (Å²) in [6, 6.07) is 8.62. The molecule has 0 bridgehead atoms. The van der Waals surface area contributed by atoms with Gasteiger partial charge in [-0.3, -0.25) is 19.6 Å². The van der Waals surface area contributed by atoms with E-state index >= 15 is 0 Å². The number of halogens is 1. The molecule has 1 N–H and O–H groups in total. The van der Waals surface area contributed by atoms with E-state index in [0.717, 1.165) is 24.3 Å². The van der Waals surface area contributed by atoms with Gasteiger partial charge in [-0.1, -0.05) is 11.6 Å². The van der Waals surface area contributed by atoms with Gasteiger partial charge in [-0.05, 0) is 30.3 Å². The van der Waals surface area contributed by atoms with Crippen molar-refractivity contribution in [1.82, 2.24) is 4.90 Å². The first kappa shape index (κ1) is 18.7. The molecule has 0 unspecified atom stereocenters. The molecular weight excluding hydrogens is 370 g/mol. The summed E-state index contributed by atoms with van der Waals surface area (Å²) in [7, 11) is -0.889. The number of hydrogen-bond donors (Lipinski definition) is 1. The Kier molecular flexibility index (Phi) is 5.29. The van der Waals surface area contributed by atoms with Crippen LogP contribution in [0.2, 0.25) is 5.02 Å². The third-order valence-electron chi connectivity index (χ3n) is 3.22. The average Bonchev–Trinajstić information content (AvgIpc) is 2.56. The van der Waals surface area contributed by atoms with Crippen molar-refractivity contribution in [1.29, 1.82) is 0 Å². The molecule has 1 amide bonds. The lowest BCUT2D eigenvalue weighted by atomic mass is 10.2. The van der Waals surface area contributed by atoms with Gasteiger partial charge in [-0.2, -0.15) is 0 Å². The van der Waals surface area contributed by atoms with E-state index in [1.807, 2.05) is 0 Å². The minimum atomic E-state index is -4.02. The van der Waals surface area contributed by atoms with Crippen molar-refractivity contribution in [2.75, 3.05) is 18.8 Å². The van der Waals surface area contributed by atoms with Gasteiger partial charge in [0.05, 0.1) is 20.5 Å². The Morgan fingerprint density at radius 3 is 2.28 bits per heavy atom. The van der Waals surface area contributed by atoms with E-state index in [9.17, 15) is 23.3 Å². The molecule has 0 spiro atoms. The Hall–Kier alpha value is -2.65. The van der Waals surface area contributed by atoms with Crippen molar-refractivity contribution >= 4 is 38.9 Å². The lowest BCUT2D eigenvalue weighted by molar-refractivity contribution is -0.384. The van der Waals surface area contributed by atoms with Crippen molar-refractivity contribution < 1.29 is 18.1 Å². The number of non-ortho nitro benzene ring substituents is 1. The van der Waals surface area contributed by atoms with Gasteiger partial charge in [0.2, 0.25) is 0 Å². The smallest absolute Gasteiger partial charge is 0.269 e. The molecular formula is C15H14ClN3O5S. The quantitative estimate of drug-likeness (QED) is 0.630. The van der Waals surface area contributed by atoms with Gasteiger partial charge < -0.3 is 4.90 Å². The fourth-order valence-electron chi connectivity index (χ4n) is 1.95. The Bertz CT molecular complexity index is 927. The van der Waals surface area contributed by atoms with E-state index in [0.29, 0.717) is 0 Å². The second-order valence-electron chi connectivity index (χ2n) is 5.25. The standard InChI is InChI=1S/C15H14ClN3O5S/c1-18(2)15(20)10-3-8-13(16)14(9-10)17-25(23,24)12-6-4-11(5-7-12)19(21)22/h3-9,17H,1-2H3. The van der Waals surface area contributed by atoms with Crippen LogP contribution in [-0.4, -0.2) is 38.2 Å². The van der Waals surface area contributed by atoms with Gasteiger partial charge in [-0.15, -0.1) is 0 Å². The first-order valence-electron chi connectivity index (χ1n) is 6.90. The summed E-state index contributed by atoms with van der Waals surface area (Å²) in [6.45, 7) is 0. The van der Waals surface area contributed by atoms with Crippen molar-refractivity contribution in [3.05, 3.63) is 63.2 Å². The Labute approximate surface area is 149 Å². The summed E-state index contributed by atoms with van der Waals surface area (Å²) < 4.78 is 27.1. The molecule has 0 saturated carbocycles. The van der Waals surface area contributed by atoms with E-state index in [1.165, 1.54) is 23.1 Å². The third kappa shape index (κ3) is 4.25. The first-order valence-corrected chi connectivity index (χ1v) is 8.76. The molecule has 2 aromatic carbocycles. The molecule has 0 radical (unpaired) electrons. The fourth-order valence-corrected chi connectivity index (χ4v) is 3.24. The molecule has 132 valence electrons. The molecule has 0 heterocycles. The lowest BCUT2D eigenvalue weighted by Gasteiger charge is -2.13. The molecule has 0 atom stereocenters.